The number of anilines is 1. The first-order chi connectivity index (χ1) is 27.8. The van der Waals surface area contributed by atoms with Crippen molar-refractivity contribution in [3.8, 4) is 56.1 Å². The van der Waals surface area contributed by atoms with E-state index in [1.165, 1.54) is 0 Å². The quantitative estimate of drug-likeness (QED) is 0.152. The number of rotatable bonds is 11. The fraction of sp³-hybridized carbons (Fsp3) is 0.326. The highest BCUT2D eigenvalue weighted by Crippen LogP contribution is 2.36. The van der Waals surface area contributed by atoms with E-state index in [1.54, 1.807) is 13.3 Å². The first kappa shape index (κ1) is 44.5. The van der Waals surface area contributed by atoms with Gasteiger partial charge in [-0.1, -0.05) is 60.2 Å². The molecule has 0 aliphatic carbocycles. The Labute approximate surface area is 342 Å². The molecule has 314 valence electrons. The Kier molecular flexibility index (Phi) is 15.0. The number of ether oxygens (including phenoxy) is 5. The van der Waals surface area contributed by atoms with E-state index < -0.39 is 21.5 Å². The van der Waals surface area contributed by atoms with Crippen LogP contribution in [0.2, 0.25) is 0 Å². The second-order valence-corrected chi connectivity index (χ2v) is 15.7. The molecule has 0 unspecified atom stereocenters. The fourth-order valence-electron chi connectivity index (χ4n) is 6.95. The second-order valence-electron chi connectivity index (χ2n) is 14.2. The number of carbonyl (C=O) groups excluding carboxylic acids is 1. The molecule has 1 atom stereocenters. The van der Waals surface area contributed by atoms with Crippen molar-refractivity contribution in [2.75, 3.05) is 58.7 Å². The Morgan fingerprint density at radius 3 is 2.14 bits per heavy atom. The largest absolute Gasteiger partial charge is 0.493 e. The molecule has 2 aliphatic rings. The lowest BCUT2D eigenvalue weighted by Crippen LogP contribution is -2.33. The van der Waals surface area contributed by atoms with Crippen LogP contribution in [0, 0.1) is 12.8 Å². The topological polar surface area (TPSA) is 236 Å². The lowest BCUT2D eigenvalue weighted by molar-refractivity contribution is -0.101. The minimum atomic E-state index is -3.67. The van der Waals surface area contributed by atoms with Crippen molar-refractivity contribution in [2.24, 2.45) is 11.7 Å². The number of hydrogen-bond acceptors (Lipinski definition) is 11. The number of amides is 1. The predicted octanol–water partition coefficient (Wildman–Crippen LogP) is 4.81. The van der Waals surface area contributed by atoms with Gasteiger partial charge in [0.05, 0.1) is 38.9 Å². The van der Waals surface area contributed by atoms with Gasteiger partial charge in [0, 0.05) is 48.8 Å². The van der Waals surface area contributed by atoms with Crippen molar-refractivity contribution in [1.82, 2.24) is 9.55 Å². The van der Waals surface area contributed by atoms with Gasteiger partial charge in [-0.15, -0.1) is 0 Å². The zero-order valence-corrected chi connectivity index (χ0v) is 34.0. The normalized spacial score (nSPS) is 15.6. The highest BCUT2D eigenvalue weighted by Gasteiger charge is 2.25. The van der Waals surface area contributed by atoms with E-state index in [1.807, 2.05) is 90.5 Å². The van der Waals surface area contributed by atoms with E-state index in [2.05, 4.69) is 4.98 Å². The van der Waals surface area contributed by atoms with E-state index >= 15 is 0 Å². The molecule has 0 saturated carbocycles. The van der Waals surface area contributed by atoms with Gasteiger partial charge in [0.25, 0.3) is 16.0 Å². The van der Waals surface area contributed by atoms with E-state index in [0.29, 0.717) is 92.5 Å². The van der Waals surface area contributed by atoms with Crippen molar-refractivity contribution in [3.05, 3.63) is 107 Å². The number of nitrogen functional groups attached to an aromatic ring is 1. The zero-order chi connectivity index (χ0) is 41.4. The highest BCUT2D eigenvalue weighted by molar-refractivity contribution is 7.85. The summed E-state index contributed by atoms with van der Waals surface area (Å²) in [6.45, 7) is 5.92. The molecule has 0 radical (unpaired) electrons. The first-order valence-corrected chi connectivity index (χ1v) is 20.6. The van der Waals surface area contributed by atoms with Crippen molar-refractivity contribution < 1.29 is 46.9 Å². The molecule has 59 heavy (non-hydrogen) atoms. The van der Waals surface area contributed by atoms with Crippen LogP contribution in [-0.2, 0) is 30.9 Å². The predicted molar refractivity (Wildman–Crippen MR) is 225 cm³/mol. The summed E-state index contributed by atoms with van der Waals surface area (Å²) in [5.74, 6) is 1.08. The van der Waals surface area contributed by atoms with E-state index in [4.69, 9.17) is 39.7 Å². The molecule has 7 rings (SSSR count). The molecule has 4 heterocycles. The number of nitrogens with zero attached hydrogens (tertiary/aromatic N) is 2. The molecule has 0 bridgehead atoms. The molecule has 3 aromatic carbocycles. The summed E-state index contributed by atoms with van der Waals surface area (Å²) >= 11 is 0. The van der Waals surface area contributed by atoms with Crippen molar-refractivity contribution in [1.29, 1.82) is 0 Å². The van der Waals surface area contributed by atoms with Crippen LogP contribution in [0.1, 0.15) is 28.8 Å². The highest BCUT2D eigenvalue weighted by atomic mass is 32.2. The van der Waals surface area contributed by atoms with Crippen LogP contribution < -0.4 is 26.4 Å². The number of primary amides is 1. The standard InChI is InChI=1S/C42H44N4O7.CH4O3S.H2O/c1-26-3-5-29(6-4-26)35-23-46(22-27-13-15-50-16-14-27)39(38(40(35)47)42(44)48)30-9-7-28(8-10-30)34-19-32(21-45-41(34)43)31-11-12-36(37(20-31)49-2)53-25-33-24-51-17-18-52-33;1-5(2,3)4;/h3-12,19-21,23,27,33H,13-18,22,24-25H2,1-2H3,(H2,43,45)(H2,44,48);1H3,(H,2,3,4);1H2/t33-;;/m1../s1. The van der Waals surface area contributed by atoms with Crippen LogP contribution in [0.25, 0.3) is 44.6 Å². The van der Waals surface area contributed by atoms with Gasteiger partial charge < -0.3 is 45.2 Å². The summed E-state index contributed by atoms with van der Waals surface area (Å²) in [5, 5.41) is 0. The molecule has 0 spiro atoms. The smallest absolute Gasteiger partial charge is 0.261 e. The van der Waals surface area contributed by atoms with Gasteiger partial charge in [-0.25, -0.2) is 4.98 Å². The SMILES string of the molecule is COc1cc(-c2cnc(N)c(-c3ccc(-c4c(C(N)=O)c(=O)c(-c5ccc(C)cc5)cn4CC4CCOCC4)cc3)c2)ccc1OC[C@H]1COCCO1.CS(=O)(=O)O.O. The number of pyridine rings is 2. The molecular formula is C43H50N4O11S. The van der Waals surface area contributed by atoms with Gasteiger partial charge in [0.15, 0.2) is 11.5 Å². The molecular weight excluding hydrogens is 781 g/mol. The van der Waals surface area contributed by atoms with Crippen LogP contribution in [0.5, 0.6) is 11.5 Å². The third-order valence-corrected chi connectivity index (χ3v) is 9.88. The molecule has 7 N–H and O–H groups in total. The summed E-state index contributed by atoms with van der Waals surface area (Å²) in [4.78, 5) is 31.7. The molecule has 1 amide bonds. The van der Waals surface area contributed by atoms with Gasteiger partial charge in [-0.3, -0.25) is 14.1 Å². The maximum atomic E-state index is 14.0. The number of aromatic nitrogens is 2. The number of methoxy groups -OCH3 is 1. The average molecular weight is 831 g/mol. The maximum Gasteiger partial charge on any atom is 0.261 e. The minimum absolute atomic E-state index is 0. The summed E-state index contributed by atoms with van der Waals surface area (Å²) in [6.07, 6.45) is 5.93. The maximum absolute atomic E-state index is 14.0. The van der Waals surface area contributed by atoms with E-state index in [-0.39, 0.29) is 17.1 Å². The Morgan fingerprint density at radius 1 is 0.881 bits per heavy atom. The fourth-order valence-corrected chi connectivity index (χ4v) is 6.95. The van der Waals surface area contributed by atoms with Crippen molar-refractivity contribution in [3.63, 3.8) is 0 Å². The van der Waals surface area contributed by atoms with E-state index in [9.17, 15) is 18.0 Å². The molecule has 15 nitrogen and oxygen atoms in total. The summed E-state index contributed by atoms with van der Waals surface area (Å²) in [7, 11) is -2.07. The lowest BCUT2D eigenvalue weighted by Gasteiger charge is -2.26. The molecule has 2 saturated heterocycles. The summed E-state index contributed by atoms with van der Waals surface area (Å²) in [5.41, 5.74) is 18.7. The minimum Gasteiger partial charge on any atom is -0.493 e. The van der Waals surface area contributed by atoms with Crippen LogP contribution in [0.3, 0.4) is 0 Å². The lowest BCUT2D eigenvalue weighted by atomic mass is 9.94. The van der Waals surface area contributed by atoms with Gasteiger partial charge in [0.2, 0.25) is 5.43 Å². The van der Waals surface area contributed by atoms with Gasteiger partial charge >= 0.3 is 0 Å². The Morgan fingerprint density at radius 2 is 1.51 bits per heavy atom. The molecule has 2 aliphatic heterocycles. The third-order valence-electron chi connectivity index (χ3n) is 9.88. The van der Waals surface area contributed by atoms with Crippen LogP contribution in [0.4, 0.5) is 5.82 Å². The van der Waals surface area contributed by atoms with E-state index in [0.717, 1.165) is 46.2 Å². The Balaban J connectivity index is 0.00000104. The number of hydrogen-bond donors (Lipinski definition) is 3. The molecule has 2 aromatic heterocycles. The summed E-state index contributed by atoms with van der Waals surface area (Å²) in [6, 6.07) is 23.0. The van der Waals surface area contributed by atoms with Crippen LogP contribution in [0.15, 0.2) is 90.0 Å². The zero-order valence-electron chi connectivity index (χ0n) is 33.2. The number of aryl methyl sites for hydroxylation is 1. The van der Waals surface area contributed by atoms with Gasteiger partial charge in [-0.05, 0) is 66.1 Å². The molecule has 2 fully saturated rings. The van der Waals surface area contributed by atoms with Crippen molar-refractivity contribution in [2.45, 2.75) is 32.4 Å². The van der Waals surface area contributed by atoms with Crippen LogP contribution in [-0.4, -0.2) is 93.0 Å². The number of benzene rings is 3. The van der Waals surface area contributed by atoms with Crippen molar-refractivity contribution >= 4 is 21.8 Å². The number of nitrogens with two attached hydrogens (primary N) is 2. The molecule has 5 aromatic rings. The van der Waals surface area contributed by atoms with Gasteiger partial charge in [-0.2, -0.15) is 8.42 Å². The molecule has 16 heteroatoms. The third kappa shape index (κ3) is 11.5. The monoisotopic (exact) mass is 830 g/mol. The first-order valence-electron chi connectivity index (χ1n) is 18.8. The number of carbonyl (C=O) groups is 1. The Bertz CT molecular complexity index is 2380. The second kappa shape index (κ2) is 19.9. The average Bonchev–Trinajstić information content (AvgIpc) is 3.21. The van der Waals surface area contributed by atoms with Crippen LogP contribution >= 0.6 is 0 Å². The van der Waals surface area contributed by atoms with Gasteiger partial charge in [0.1, 0.15) is 24.1 Å². The Hall–Kier alpha value is -5.62. The summed E-state index contributed by atoms with van der Waals surface area (Å²) < 4.78 is 56.4.